The normalized spacial score (nSPS) is 10.6. The van der Waals surface area contributed by atoms with Gasteiger partial charge in [-0.1, -0.05) is 36.4 Å². The summed E-state index contributed by atoms with van der Waals surface area (Å²) in [7, 11) is 0. The monoisotopic (exact) mass is 538 g/mol. The van der Waals surface area contributed by atoms with Crippen molar-refractivity contribution in [2.24, 2.45) is 0 Å². The maximum atomic E-state index is 5.97. The standard InChI is InChI=1S/C25H20Br2N2O2/c26-18-14-16(9-11-22(18)30-24-7-3-1-5-20(24)28)13-17-10-12-23(19(27)15-17)31-25-8-4-2-6-21(25)29/h1-12,14-15H,13,28-29H2. The Morgan fingerprint density at radius 3 is 1.35 bits per heavy atom. The molecule has 0 spiro atoms. The summed E-state index contributed by atoms with van der Waals surface area (Å²) in [6.45, 7) is 0. The smallest absolute Gasteiger partial charge is 0.150 e. The Bertz CT molecular complexity index is 1130. The van der Waals surface area contributed by atoms with Crippen molar-refractivity contribution in [1.29, 1.82) is 0 Å². The number of nitrogen functional groups attached to an aromatic ring is 2. The predicted octanol–water partition coefficient (Wildman–Crippen LogP) is 7.55. The summed E-state index contributed by atoms with van der Waals surface area (Å²) in [6.07, 6.45) is 0.763. The van der Waals surface area contributed by atoms with Crippen LogP contribution in [0.1, 0.15) is 11.1 Å². The quantitative estimate of drug-likeness (QED) is 0.248. The first-order chi connectivity index (χ1) is 15.0. The number of hydrogen-bond acceptors (Lipinski definition) is 4. The molecule has 4 nitrogen and oxygen atoms in total. The Morgan fingerprint density at radius 1 is 0.548 bits per heavy atom. The number of hydrogen-bond donors (Lipinski definition) is 2. The minimum Gasteiger partial charge on any atom is -0.454 e. The van der Waals surface area contributed by atoms with Crippen molar-refractivity contribution >= 4 is 43.2 Å². The van der Waals surface area contributed by atoms with Crippen molar-refractivity contribution < 1.29 is 9.47 Å². The van der Waals surface area contributed by atoms with Gasteiger partial charge in [-0.15, -0.1) is 0 Å². The van der Waals surface area contributed by atoms with Crippen LogP contribution in [-0.4, -0.2) is 0 Å². The molecule has 0 fully saturated rings. The highest BCUT2D eigenvalue weighted by Crippen LogP contribution is 2.35. The van der Waals surface area contributed by atoms with E-state index in [0.29, 0.717) is 34.4 Å². The Hall–Kier alpha value is -2.96. The second kappa shape index (κ2) is 9.45. The third-order valence-corrected chi connectivity index (χ3v) is 5.92. The highest BCUT2D eigenvalue weighted by Gasteiger charge is 2.09. The molecule has 4 N–H and O–H groups in total. The first kappa shape index (κ1) is 21.3. The molecule has 4 aromatic carbocycles. The van der Waals surface area contributed by atoms with Gasteiger partial charge in [-0.2, -0.15) is 0 Å². The summed E-state index contributed by atoms with van der Waals surface area (Å²) in [4.78, 5) is 0. The third kappa shape index (κ3) is 5.21. The number of halogens is 2. The molecule has 0 saturated carbocycles. The van der Waals surface area contributed by atoms with E-state index in [2.05, 4.69) is 44.0 Å². The van der Waals surface area contributed by atoms with Crippen LogP contribution in [0.5, 0.6) is 23.0 Å². The molecule has 0 bridgehead atoms. The van der Waals surface area contributed by atoms with Gasteiger partial charge in [0.2, 0.25) is 0 Å². The van der Waals surface area contributed by atoms with E-state index in [1.165, 1.54) is 0 Å². The topological polar surface area (TPSA) is 70.5 Å². The van der Waals surface area contributed by atoms with Crippen LogP contribution < -0.4 is 20.9 Å². The molecule has 156 valence electrons. The first-order valence-electron chi connectivity index (χ1n) is 9.61. The van der Waals surface area contributed by atoms with E-state index in [4.69, 9.17) is 20.9 Å². The van der Waals surface area contributed by atoms with Crippen molar-refractivity contribution in [2.75, 3.05) is 11.5 Å². The summed E-state index contributed by atoms with van der Waals surface area (Å²) in [5.41, 5.74) is 15.4. The summed E-state index contributed by atoms with van der Waals surface area (Å²) < 4.78 is 13.6. The zero-order valence-electron chi connectivity index (χ0n) is 16.5. The van der Waals surface area contributed by atoms with Gasteiger partial charge in [0.15, 0.2) is 0 Å². The molecule has 0 aliphatic rings. The Labute approximate surface area is 198 Å². The van der Waals surface area contributed by atoms with Crippen LogP contribution in [0.25, 0.3) is 0 Å². The van der Waals surface area contributed by atoms with E-state index >= 15 is 0 Å². The van der Waals surface area contributed by atoms with E-state index in [1.807, 2.05) is 72.8 Å². The average Bonchev–Trinajstić information content (AvgIpc) is 2.75. The van der Waals surface area contributed by atoms with Gasteiger partial charge >= 0.3 is 0 Å². The van der Waals surface area contributed by atoms with Crippen molar-refractivity contribution in [2.45, 2.75) is 6.42 Å². The molecule has 0 aliphatic heterocycles. The zero-order chi connectivity index (χ0) is 21.8. The molecular formula is C25H20Br2N2O2. The van der Waals surface area contributed by atoms with E-state index in [9.17, 15) is 0 Å². The molecule has 4 rings (SSSR count). The second-order valence-electron chi connectivity index (χ2n) is 6.99. The molecule has 0 amide bonds. The largest absolute Gasteiger partial charge is 0.454 e. The molecule has 0 unspecified atom stereocenters. The van der Waals surface area contributed by atoms with E-state index in [-0.39, 0.29) is 0 Å². The minimum absolute atomic E-state index is 0.600. The van der Waals surface area contributed by atoms with Gasteiger partial charge in [-0.25, -0.2) is 0 Å². The van der Waals surface area contributed by atoms with Crippen LogP contribution in [0.3, 0.4) is 0 Å². The number of nitrogens with two attached hydrogens (primary N) is 2. The Kier molecular flexibility index (Phi) is 6.49. The molecule has 0 aromatic heterocycles. The molecule has 0 heterocycles. The van der Waals surface area contributed by atoms with Gasteiger partial charge in [0.25, 0.3) is 0 Å². The van der Waals surface area contributed by atoms with Crippen molar-refractivity contribution in [3.63, 3.8) is 0 Å². The first-order valence-corrected chi connectivity index (χ1v) is 11.2. The van der Waals surface area contributed by atoms with E-state index in [0.717, 1.165) is 26.5 Å². The molecule has 4 aromatic rings. The van der Waals surface area contributed by atoms with Crippen molar-refractivity contribution in [1.82, 2.24) is 0 Å². The van der Waals surface area contributed by atoms with E-state index in [1.54, 1.807) is 0 Å². The van der Waals surface area contributed by atoms with Crippen LogP contribution in [0, 0.1) is 0 Å². The average molecular weight is 540 g/mol. The van der Waals surface area contributed by atoms with Crippen molar-refractivity contribution in [3.8, 4) is 23.0 Å². The zero-order valence-corrected chi connectivity index (χ0v) is 19.7. The number of benzene rings is 4. The van der Waals surface area contributed by atoms with Crippen LogP contribution >= 0.6 is 31.9 Å². The van der Waals surface area contributed by atoms with E-state index < -0.39 is 0 Å². The van der Waals surface area contributed by atoms with Gasteiger partial charge in [0.05, 0.1) is 20.3 Å². The van der Waals surface area contributed by atoms with Crippen molar-refractivity contribution in [3.05, 3.63) is 105 Å². The predicted molar refractivity (Wildman–Crippen MR) is 133 cm³/mol. The Morgan fingerprint density at radius 2 is 0.968 bits per heavy atom. The van der Waals surface area contributed by atoms with Gasteiger partial charge in [-0.05, 0) is 97.9 Å². The lowest BCUT2D eigenvalue weighted by Crippen LogP contribution is -1.95. The molecule has 0 aliphatic carbocycles. The molecule has 0 radical (unpaired) electrons. The molecule has 6 heteroatoms. The lowest BCUT2D eigenvalue weighted by molar-refractivity contribution is 0.482. The highest BCUT2D eigenvalue weighted by molar-refractivity contribution is 9.10. The van der Waals surface area contributed by atoms with Crippen LogP contribution in [0.15, 0.2) is 93.9 Å². The maximum absolute atomic E-state index is 5.97. The highest BCUT2D eigenvalue weighted by atomic mass is 79.9. The van der Waals surface area contributed by atoms with Crippen LogP contribution in [0.4, 0.5) is 11.4 Å². The second-order valence-corrected chi connectivity index (χ2v) is 8.69. The van der Waals surface area contributed by atoms with Gasteiger partial charge in [-0.3, -0.25) is 0 Å². The van der Waals surface area contributed by atoms with Gasteiger partial charge in [0.1, 0.15) is 23.0 Å². The number of anilines is 2. The fourth-order valence-corrected chi connectivity index (χ4v) is 4.11. The van der Waals surface area contributed by atoms with Gasteiger partial charge < -0.3 is 20.9 Å². The lowest BCUT2D eigenvalue weighted by atomic mass is 10.0. The van der Waals surface area contributed by atoms with Gasteiger partial charge in [0, 0.05) is 0 Å². The summed E-state index contributed by atoms with van der Waals surface area (Å²) >= 11 is 7.21. The van der Waals surface area contributed by atoms with Crippen LogP contribution in [0.2, 0.25) is 0 Å². The molecule has 0 atom stereocenters. The Balaban J connectivity index is 1.48. The molecule has 31 heavy (non-hydrogen) atoms. The fraction of sp³-hybridized carbons (Fsp3) is 0.0400. The third-order valence-electron chi connectivity index (χ3n) is 4.68. The summed E-state index contributed by atoms with van der Waals surface area (Å²) in [5.74, 6) is 2.70. The number of ether oxygens (including phenoxy) is 2. The van der Waals surface area contributed by atoms with Crippen LogP contribution in [-0.2, 0) is 6.42 Å². The summed E-state index contributed by atoms with van der Waals surface area (Å²) in [6, 6.07) is 26.9. The number of para-hydroxylation sites is 4. The number of rotatable bonds is 6. The lowest BCUT2D eigenvalue weighted by Gasteiger charge is -2.12. The molecule has 0 saturated heterocycles. The maximum Gasteiger partial charge on any atom is 0.150 e. The summed E-state index contributed by atoms with van der Waals surface area (Å²) in [5, 5.41) is 0. The molecular weight excluding hydrogens is 520 g/mol. The fourth-order valence-electron chi connectivity index (χ4n) is 3.09. The SMILES string of the molecule is Nc1ccccc1Oc1ccc(Cc2ccc(Oc3ccccc3N)c(Br)c2)cc1Br. The minimum atomic E-state index is 0.600.